The summed E-state index contributed by atoms with van der Waals surface area (Å²) in [5.41, 5.74) is 8.36. The molecule has 2 N–H and O–H groups in total. The third-order valence-corrected chi connectivity index (χ3v) is 7.35. The quantitative estimate of drug-likeness (QED) is 0.278. The van der Waals surface area contributed by atoms with Crippen LogP contribution >= 0.6 is 0 Å². The number of rotatable bonds is 8. The largest absolute Gasteiger partial charge is 0.375 e. The average Bonchev–Trinajstić information content (AvgIpc) is 3.76. The van der Waals surface area contributed by atoms with E-state index in [1.54, 1.807) is 30.1 Å². The molecule has 16 heteroatoms. The van der Waals surface area contributed by atoms with Gasteiger partial charge >= 0.3 is 0 Å². The first kappa shape index (κ1) is 26.8. The predicted octanol–water partition coefficient (Wildman–Crippen LogP) is 2.42. The summed E-state index contributed by atoms with van der Waals surface area (Å²) in [5.74, 6) is 0.119. The summed E-state index contributed by atoms with van der Waals surface area (Å²) in [4.78, 5) is 21.6. The predicted molar refractivity (Wildman–Crippen MR) is 151 cm³/mol. The van der Waals surface area contributed by atoms with Gasteiger partial charge in [-0.1, -0.05) is 5.16 Å². The van der Waals surface area contributed by atoms with Gasteiger partial charge in [0.1, 0.15) is 18.1 Å². The normalized spacial score (nSPS) is 14.3. The van der Waals surface area contributed by atoms with Crippen LogP contribution in [0, 0.1) is 11.6 Å². The summed E-state index contributed by atoms with van der Waals surface area (Å²) in [6.45, 7) is 4.19. The van der Waals surface area contributed by atoms with Gasteiger partial charge in [-0.15, -0.1) is 5.10 Å². The Balaban J connectivity index is 1.03. The van der Waals surface area contributed by atoms with Crippen LogP contribution in [0.5, 0.6) is 0 Å². The number of halogens is 2. The molecular weight excluding hydrogens is 562 g/mol. The second-order valence-corrected chi connectivity index (χ2v) is 10.0. The van der Waals surface area contributed by atoms with Gasteiger partial charge in [-0.3, -0.25) is 4.90 Å². The van der Waals surface area contributed by atoms with E-state index in [1.807, 2.05) is 4.90 Å². The molecule has 1 saturated heterocycles. The number of benzene rings is 1. The monoisotopic (exact) mass is 588 g/mol. The van der Waals surface area contributed by atoms with Crippen LogP contribution in [0.1, 0.15) is 5.89 Å². The summed E-state index contributed by atoms with van der Waals surface area (Å²) < 4.78 is 42.5. The maximum Gasteiger partial charge on any atom is 0.252 e. The number of aromatic nitrogens is 9. The molecule has 0 spiro atoms. The fourth-order valence-electron chi connectivity index (χ4n) is 5.17. The Hall–Kier alpha value is -5.09. The number of ether oxygens (including phenoxy) is 1. The van der Waals surface area contributed by atoms with Crippen molar-refractivity contribution in [2.24, 2.45) is 0 Å². The van der Waals surface area contributed by atoms with Gasteiger partial charge < -0.3 is 19.9 Å². The van der Waals surface area contributed by atoms with E-state index < -0.39 is 5.82 Å². The van der Waals surface area contributed by atoms with E-state index in [0.717, 1.165) is 13.1 Å². The number of methoxy groups -OCH3 is 1. The molecule has 220 valence electrons. The van der Waals surface area contributed by atoms with Crippen LogP contribution in [0.25, 0.3) is 39.6 Å². The molecule has 0 unspecified atom stereocenters. The van der Waals surface area contributed by atoms with Gasteiger partial charge in [-0.05, 0) is 30.3 Å². The molecule has 14 nitrogen and oxygen atoms in total. The number of nitrogen functional groups attached to an aromatic ring is 1. The van der Waals surface area contributed by atoms with Gasteiger partial charge in [0.25, 0.3) is 5.89 Å². The zero-order chi connectivity index (χ0) is 29.5. The molecule has 0 amide bonds. The van der Waals surface area contributed by atoms with Crippen molar-refractivity contribution >= 4 is 28.3 Å². The topological polar surface area (TPSA) is 154 Å². The summed E-state index contributed by atoms with van der Waals surface area (Å²) in [5, 5.41) is 13.4. The molecule has 0 bridgehead atoms. The van der Waals surface area contributed by atoms with Crippen molar-refractivity contribution in [1.29, 1.82) is 0 Å². The van der Waals surface area contributed by atoms with Gasteiger partial charge in [0.05, 0.1) is 23.8 Å². The first-order chi connectivity index (χ1) is 21.0. The lowest BCUT2D eigenvalue weighted by Gasteiger charge is -2.36. The minimum Gasteiger partial charge on any atom is -0.375 e. The number of piperazine rings is 1. The third kappa shape index (κ3) is 4.99. The Morgan fingerprint density at radius 2 is 1.84 bits per heavy atom. The zero-order valence-corrected chi connectivity index (χ0v) is 23.1. The molecular formula is C27H26F2N12O2. The van der Waals surface area contributed by atoms with Gasteiger partial charge in [0.15, 0.2) is 17.1 Å². The van der Waals surface area contributed by atoms with Gasteiger partial charge in [-0.25, -0.2) is 23.4 Å². The Labute approximate surface area is 242 Å². The fraction of sp³-hybridized carbons (Fsp3) is 0.296. The SMILES string of the molecule is COCc1nc(-c2ccc(F)c(N3CCN(CCn4ncc5c4nc(N)n4nc(-c6ncccc6F)nc54)CC3)c2)no1. The van der Waals surface area contributed by atoms with Crippen molar-refractivity contribution in [2.75, 3.05) is 50.5 Å². The maximum absolute atomic E-state index is 14.8. The first-order valence-electron chi connectivity index (χ1n) is 13.6. The first-order valence-corrected chi connectivity index (χ1v) is 13.6. The molecule has 5 aromatic heterocycles. The second-order valence-electron chi connectivity index (χ2n) is 10.0. The molecule has 6 aromatic rings. The molecule has 7 rings (SSSR count). The maximum atomic E-state index is 14.8. The van der Waals surface area contributed by atoms with Crippen LogP contribution in [0.15, 0.2) is 47.2 Å². The highest BCUT2D eigenvalue weighted by atomic mass is 19.1. The van der Waals surface area contributed by atoms with Gasteiger partial charge in [0, 0.05) is 51.6 Å². The van der Waals surface area contributed by atoms with E-state index in [9.17, 15) is 8.78 Å². The van der Waals surface area contributed by atoms with Crippen LogP contribution in [-0.2, 0) is 17.9 Å². The fourth-order valence-corrected chi connectivity index (χ4v) is 5.17. The molecule has 0 radical (unpaired) electrons. The highest BCUT2D eigenvalue weighted by Crippen LogP contribution is 2.28. The lowest BCUT2D eigenvalue weighted by molar-refractivity contribution is 0.151. The van der Waals surface area contributed by atoms with E-state index in [0.29, 0.717) is 65.8 Å². The molecule has 1 fully saturated rings. The second kappa shape index (κ2) is 11.0. The molecule has 6 heterocycles. The average molecular weight is 589 g/mol. The number of hydrogen-bond acceptors (Lipinski definition) is 12. The third-order valence-electron chi connectivity index (χ3n) is 7.35. The van der Waals surface area contributed by atoms with Crippen LogP contribution in [0.3, 0.4) is 0 Å². The van der Waals surface area contributed by atoms with Gasteiger partial charge in [0.2, 0.25) is 17.6 Å². The Morgan fingerprint density at radius 1 is 0.977 bits per heavy atom. The van der Waals surface area contributed by atoms with E-state index >= 15 is 0 Å². The standard InChI is InChI=1S/C27H26F2N12O2/c1-42-15-21-33-23(37-43-21)16-4-5-18(28)20(13-16)39-10-7-38(8-11-39)9-12-40-25-17(14-32-40)26-34-24(36-41(26)27(30)35-25)22-19(29)3-2-6-31-22/h2-6,13-14H,7-12,15H2,1H3,(H2,30,35). The Kier molecular flexibility index (Phi) is 6.83. The van der Waals surface area contributed by atoms with Crippen molar-refractivity contribution in [2.45, 2.75) is 13.2 Å². The number of hydrogen-bond donors (Lipinski definition) is 1. The van der Waals surface area contributed by atoms with Gasteiger partial charge in [-0.2, -0.15) is 19.6 Å². The zero-order valence-electron chi connectivity index (χ0n) is 23.1. The van der Waals surface area contributed by atoms with E-state index in [-0.39, 0.29) is 29.9 Å². The van der Waals surface area contributed by atoms with Crippen LogP contribution in [0.4, 0.5) is 20.4 Å². The molecule has 0 saturated carbocycles. The minimum atomic E-state index is -0.532. The van der Waals surface area contributed by atoms with Crippen molar-refractivity contribution in [3.8, 4) is 22.9 Å². The smallest absolute Gasteiger partial charge is 0.252 e. The van der Waals surface area contributed by atoms with Crippen LogP contribution < -0.4 is 10.6 Å². The lowest BCUT2D eigenvalue weighted by Crippen LogP contribution is -2.47. The molecule has 1 aliphatic heterocycles. The number of nitrogens with zero attached hydrogens (tertiary/aromatic N) is 11. The molecule has 0 aliphatic carbocycles. The Morgan fingerprint density at radius 3 is 2.65 bits per heavy atom. The van der Waals surface area contributed by atoms with E-state index in [2.05, 4.69) is 40.2 Å². The molecule has 1 aliphatic rings. The molecule has 43 heavy (non-hydrogen) atoms. The van der Waals surface area contributed by atoms with Crippen LogP contribution in [-0.4, -0.2) is 89.2 Å². The van der Waals surface area contributed by atoms with E-state index in [1.165, 1.54) is 28.9 Å². The number of pyridine rings is 1. The summed E-state index contributed by atoms with van der Waals surface area (Å²) in [6.07, 6.45) is 3.13. The Bertz CT molecular complexity index is 1930. The van der Waals surface area contributed by atoms with Crippen molar-refractivity contribution < 1.29 is 18.0 Å². The number of anilines is 2. The highest BCUT2D eigenvalue weighted by molar-refractivity contribution is 5.90. The number of nitrogens with two attached hydrogens (primary N) is 1. The summed E-state index contributed by atoms with van der Waals surface area (Å²) >= 11 is 0. The molecule has 1 aromatic carbocycles. The van der Waals surface area contributed by atoms with E-state index in [4.69, 9.17) is 15.0 Å². The van der Waals surface area contributed by atoms with Crippen LogP contribution in [0.2, 0.25) is 0 Å². The number of fused-ring (bicyclic) bond motifs is 3. The summed E-state index contributed by atoms with van der Waals surface area (Å²) in [7, 11) is 1.54. The summed E-state index contributed by atoms with van der Waals surface area (Å²) in [6, 6.07) is 7.60. The van der Waals surface area contributed by atoms with Crippen molar-refractivity contribution in [3.05, 3.63) is 60.3 Å². The van der Waals surface area contributed by atoms with Crippen molar-refractivity contribution in [1.82, 2.24) is 49.4 Å². The molecule has 0 atom stereocenters. The lowest BCUT2D eigenvalue weighted by atomic mass is 10.1. The minimum absolute atomic E-state index is 0.0305. The van der Waals surface area contributed by atoms with Crippen molar-refractivity contribution in [3.63, 3.8) is 0 Å². The highest BCUT2D eigenvalue weighted by Gasteiger charge is 2.23.